The van der Waals surface area contributed by atoms with Crippen LogP contribution >= 0.6 is 11.8 Å². The van der Waals surface area contributed by atoms with Gasteiger partial charge in [-0.05, 0) is 50.1 Å². The fourth-order valence-corrected chi connectivity index (χ4v) is 3.94. The Labute approximate surface area is 173 Å². The molecule has 0 spiro atoms. The van der Waals surface area contributed by atoms with E-state index in [1.807, 2.05) is 32.0 Å². The molecule has 2 N–H and O–H groups in total. The molecule has 29 heavy (non-hydrogen) atoms. The smallest absolute Gasteiger partial charge is 0.344 e. The van der Waals surface area contributed by atoms with Crippen molar-refractivity contribution >= 4 is 29.6 Å². The van der Waals surface area contributed by atoms with Gasteiger partial charge in [-0.15, -0.1) is 11.8 Å². The summed E-state index contributed by atoms with van der Waals surface area (Å²) in [5, 5.41) is 3.40. The van der Waals surface area contributed by atoms with Crippen LogP contribution in [0.2, 0.25) is 0 Å². The quantitative estimate of drug-likeness (QED) is 0.562. The number of aryl methyl sites for hydroxylation is 2. The van der Waals surface area contributed by atoms with Crippen molar-refractivity contribution in [2.75, 3.05) is 12.9 Å². The lowest BCUT2D eigenvalue weighted by molar-refractivity contribution is -0.138. The first-order valence-electron chi connectivity index (χ1n) is 9.05. The number of rotatable bonds is 6. The molecule has 0 unspecified atom stereocenters. The number of benzene rings is 2. The minimum absolute atomic E-state index is 0.0839. The number of hydrogen-bond donors (Lipinski definition) is 2. The molecule has 1 saturated heterocycles. The molecule has 2 aromatic carbocycles. The number of urea groups is 1. The first-order valence-corrected chi connectivity index (χ1v) is 10.0. The standard InChI is InChI=1S/C21H23N3O4S/c1-13-5-6-14(2)17(11-13)29-12-18(25)23-24-19(26)21(3,22-20(24)27)15-7-9-16(28-4)10-8-15/h5-11H,12H2,1-4H3,(H,22,27)(H,23,25)/t21-/m0/s1. The summed E-state index contributed by atoms with van der Waals surface area (Å²) in [7, 11) is 1.55. The Morgan fingerprint density at radius 3 is 2.52 bits per heavy atom. The summed E-state index contributed by atoms with van der Waals surface area (Å²) < 4.78 is 5.12. The Kier molecular flexibility index (Phi) is 5.83. The van der Waals surface area contributed by atoms with E-state index in [1.54, 1.807) is 38.3 Å². The van der Waals surface area contributed by atoms with Crippen molar-refractivity contribution in [2.45, 2.75) is 31.2 Å². The molecule has 2 aromatic rings. The average molecular weight is 413 g/mol. The van der Waals surface area contributed by atoms with Crippen molar-refractivity contribution in [1.29, 1.82) is 0 Å². The second kappa shape index (κ2) is 8.16. The molecule has 1 aliphatic rings. The molecule has 3 rings (SSSR count). The molecule has 4 amide bonds. The Morgan fingerprint density at radius 2 is 1.86 bits per heavy atom. The topological polar surface area (TPSA) is 87.7 Å². The van der Waals surface area contributed by atoms with Crippen molar-refractivity contribution in [3.8, 4) is 5.75 Å². The van der Waals surface area contributed by atoms with Crippen LogP contribution in [0.15, 0.2) is 47.4 Å². The third-order valence-corrected chi connectivity index (χ3v) is 5.95. The number of hydrogen-bond acceptors (Lipinski definition) is 5. The summed E-state index contributed by atoms with van der Waals surface area (Å²) in [6.07, 6.45) is 0. The Balaban J connectivity index is 1.67. The Morgan fingerprint density at radius 1 is 1.17 bits per heavy atom. The van der Waals surface area contributed by atoms with Crippen molar-refractivity contribution in [1.82, 2.24) is 15.8 Å². The number of thioether (sulfide) groups is 1. The van der Waals surface area contributed by atoms with Crippen molar-refractivity contribution in [2.24, 2.45) is 0 Å². The normalized spacial score (nSPS) is 18.6. The highest BCUT2D eigenvalue weighted by atomic mass is 32.2. The summed E-state index contributed by atoms with van der Waals surface area (Å²) in [5.41, 5.74) is 3.91. The van der Waals surface area contributed by atoms with Crippen LogP contribution in [0.3, 0.4) is 0 Å². The van der Waals surface area contributed by atoms with Gasteiger partial charge in [0.25, 0.3) is 5.91 Å². The third kappa shape index (κ3) is 4.22. The highest BCUT2D eigenvalue weighted by molar-refractivity contribution is 8.00. The lowest BCUT2D eigenvalue weighted by Gasteiger charge is -2.22. The van der Waals surface area contributed by atoms with E-state index in [2.05, 4.69) is 10.7 Å². The Bertz CT molecular complexity index is 961. The van der Waals surface area contributed by atoms with E-state index >= 15 is 0 Å². The highest BCUT2D eigenvalue weighted by Crippen LogP contribution is 2.29. The van der Waals surface area contributed by atoms with Gasteiger partial charge in [-0.3, -0.25) is 15.0 Å². The number of amides is 4. The predicted octanol–water partition coefficient (Wildman–Crippen LogP) is 2.90. The molecule has 1 aliphatic heterocycles. The van der Waals surface area contributed by atoms with Gasteiger partial charge in [-0.25, -0.2) is 4.79 Å². The molecule has 7 nitrogen and oxygen atoms in total. The first kappa shape index (κ1) is 20.7. The third-order valence-electron chi connectivity index (χ3n) is 4.80. The van der Waals surface area contributed by atoms with E-state index in [-0.39, 0.29) is 5.75 Å². The number of carbonyl (C=O) groups excluding carboxylic acids is 3. The average Bonchev–Trinajstić information content (AvgIpc) is 2.92. The number of imide groups is 1. The molecule has 0 radical (unpaired) electrons. The van der Waals surface area contributed by atoms with Gasteiger partial charge < -0.3 is 10.1 Å². The van der Waals surface area contributed by atoms with Crippen LogP contribution in [0.5, 0.6) is 5.75 Å². The van der Waals surface area contributed by atoms with Crippen LogP contribution < -0.4 is 15.5 Å². The van der Waals surface area contributed by atoms with Crippen LogP contribution in [0.4, 0.5) is 4.79 Å². The van der Waals surface area contributed by atoms with E-state index in [0.29, 0.717) is 11.3 Å². The van der Waals surface area contributed by atoms with E-state index in [1.165, 1.54) is 11.8 Å². The molecule has 1 atom stereocenters. The molecular formula is C21H23N3O4S. The van der Waals surface area contributed by atoms with E-state index in [4.69, 9.17) is 4.74 Å². The molecule has 8 heteroatoms. The molecule has 0 saturated carbocycles. The van der Waals surface area contributed by atoms with Gasteiger partial charge in [0.15, 0.2) is 0 Å². The molecule has 152 valence electrons. The fourth-order valence-electron chi connectivity index (χ4n) is 3.02. The fraction of sp³-hybridized carbons (Fsp3) is 0.286. The van der Waals surface area contributed by atoms with E-state index in [9.17, 15) is 14.4 Å². The van der Waals surface area contributed by atoms with E-state index < -0.39 is 23.4 Å². The lowest BCUT2D eigenvalue weighted by atomic mass is 9.92. The molecular weight excluding hydrogens is 390 g/mol. The second-order valence-electron chi connectivity index (χ2n) is 7.02. The maximum absolute atomic E-state index is 12.9. The van der Waals surface area contributed by atoms with Crippen molar-refractivity contribution in [3.63, 3.8) is 0 Å². The number of hydrazine groups is 1. The number of nitrogens with one attached hydrogen (secondary N) is 2. The minimum Gasteiger partial charge on any atom is -0.497 e. The van der Waals surface area contributed by atoms with Crippen LogP contribution in [-0.2, 0) is 15.1 Å². The molecule has 0 aliphatic carbocycles. The van der Waals surface area contributed by atoms with Gasteiger partial charge in [-0.2, -0.15) is 5.01 Å². The number of nitrogens with zero attached hydrogens (tertiary/aromatic N) is 1. The zero-order valence-electron chi connectivity index (χ0n) is 16.7. The number of methoxy groups -OCH3 is 1. The maximum Gasteiger partial charge on any atom is 0.344 e. The second-order valence-corrected chi connectivity index (χ2v) is 8.03. The maximum atomic E-state index is 12.9. The number of carbonyl (C=O) groups is 3. The van der Waals surface area contributed by atoms with Crippen molar-refractivity contribution < 1.29 is 19.1 Å². The molecule has 0 aromatic heterocycles. The molecule has 1 fully saturated rings. The molecule has 1 heterocycles. The number of ether oxygens (including phenoxy) is 1. The Hall–Kier alpha value is -3.00. The van der Waals surface area contributed by atoms with Gasteiger partial charge >= 0.3 is 6.03 Å². The lowest BCUT2D eigenvalue weighted by Crippen LogP contribution is -2.48. The summed E-state index contributed by atoms with van der Waals surface area (Å²) in [5.74, 6) is -0.250. The van der Waals surface area contributed by atoms with Crippen LogP contribution in [0.25, 0.3) is 0 Å². The summed E-state index contributed by atoms with van der Waals surface area (Å²) >= 11 is 1.36. The van der Waals surface area contributed by atoms with Crippen LogP contribution in [-0.4, -0.2) is 35.7 Å². The van der Waals surface area contributed by atoms with Crippen LogP contribution in [0, 0.1) is 13.8 Å². The van der Waals surface area contributed by atoms with Crippen LogP contribution in [0.1, 0.15) is 23.6 Å². The highest BCUT2D eigenvalue weighted by Gasteiger charge is 2.50. The molecule has 0 bridgehead atoms. The zero-order valence-corrected chi connectivity index (χ0v) is 17.6. The monoisotopic (exact) mass is 413 g/mol. The first-order chi connectivity index (χ1) is 13.7. The van der Waals surface area contributed by atoms with Gasteiger partial charge in [0, 0.05) is 4.90 Å². The zero-order chi connectivity index (χ0) is 21.2. The predicted molar refractivity (Wildman–Crippen MR) is 111 cm³/mol. The van der Waals surface area contributed by atoms with Gasteiger partial charge in [0.2, 0.25) is 5.91 Å². The largest absolute Gasteiger partial charge is 0.497 e. The summed E-state index contributed by atoms with van der Waals surface area (Å²) in [6.45, 7) is 5.56. The minimum atomic E-state index is -1.27. The van der Waals surface area contributed by atoms with E-state index in [0.717, 1.165) is 21.0 Å². The summed E-state index contributed by atoms with van der Waals surface area (Å²) in [4.78, 5) is 38.6. The van der Waals surface area contributed by atoms with Gasteiger partial charge in [-0.1, -0.05) is 29.8 Å². The SMILES string of the molecule is COc1ccc([C@]2(C)NC(=O)N(NC(=O)CSc3cc(C)ccc3C)C2=O)cc1. The van der Waals surface area contributed by atoms with Crippen molar-refractivity contribution in [3.05, 3.63) is 59.2 Å². The van der Waals surface area contributed by atoms with Gasteiger partial charge in [0.05, 0.1) is 12.9 Å². The summed E-state index contributed by atoms with van der Waals surface area (Å²) in [6, 6.07) is 12.2. The van der Waals surface area contributed by atoms with Gasteiger partial charge in [0.1, 0.15) is 11.3 Å².